The Hall–Kier alpha value is -1.48. The molecule has 1 nitrogen and oxygen atoms in total. The number of hydrogen-bond acceptors (Lipinski definition) is 1. The Labute approximate surface area is 175 Å². The molecule has 1 aromatic carbocycles. The van der Waals surface area contributed by atoms with Gasteiger partial charge in [-0.3, -0.25) is 0 Å². The smallest absolute Gasteiger partial charge is 0.264 e. The number of allylic oxidation sites excluding steroid dienone is 3. The molecular formula is C26H36F2O. The highest BCUT2D eigenvalue weighted by atomic mass is 19.3. The van der Waals surface area contributed by atoms with E-state index in [1.807, 2.05) is 6.92 Å². The van der Waals surface area contributed by atoms with Crippen LogP contribution in [0.5, 0.6) is 0 Å². The van der Waals surface area contributed by atoms with Crippen molar-refractivity contribution in [1.29, 1.82) is 0 Å². The van der Waals surface area contributed by atoms with E-state index in [4.69, 9.17) is 4.74 Å². The fraction of sp³-hybridized carbons (Fsp3) is 0.615. The summed E-state index contributed by atoms with van der Waals surface area (Å²) in [7, 11) is 0. The van der Waals surface area contributed by atoms with Crippen molar-refractivity contribution in [3.63, 3.8) is 0 Å². The molecule has 3 rings (SSSR count). The number of hydrogen-bond donors (Lipinski definition) is 0. The zero-order valence-corrected chi connectivity index (χ0v) is 17.7. The summed E-state index contributed by atoms with van der Waals surface area (Å²) in [5.74, 6) is 1.79. The van der Waals surface area contributed by atoms with Crippen molar-refractivity contribution in [2.24, 2.45) is 17.8 Å². The van der Waals surface area contributed by atoms with Crippen molar-refractivity contribution in [3.05, 3.63) is 60.2 Å². The Morgan fingerprint density at radius 1 is 0.966 bits per heavy atom. The first kappa shape index (κ1) is 22.2. The van der Waals surface area contributed by atoms with E-state index in [2.05, 4.69) is 49.1 Å². The normalized spacial score (nSPS) is 29.2. The number of ether oxygens (including phenoxy) is 1. The van der Waals surface area contributed by atoms with Crippen molar-refractivity contribution in [2.75, 3.05) is 0 Å². The first-order valence-electron chi connectivity index (χ1n) is 11.3. The largest absolute Gasteiger partial charge is 0.367 e. The lowest BCUT2D eigenvalue weighted by Gasteiger charge is -2.32. The third-order valence-electron chi connectivity index (χ3n) is 6.99. The van der Waals surface area contributed by atoms with Crippen molar-refractivity contribution >= 4 is 0 Å². The van der Waals surface area contributed by atoms with E-state index in [1.165, 1.54) is 31.2 Å². The SMILES string of the molecule is C=CC1CCC(c2ccc(COC(C(F)F)C3CCC(/C=C/C)CC3)cc2)CC1. The number of halogens is 2. The molecule has 0 aliphatic heterocycles. The van der Waals surface area contributed by atoms with Crippen LogP contribution in [0.4, 0.5) is 8.78 Å². The highest BCUT2D eigenvalue weighted by molar-refractivity contribution is 5.25. The summed E-state index contributed by atoms with van der Waals surface area (Å²) in [4.78, 5) is 0. The maximum Gasteiger partial charge on any atom is 0.264 e. The molecule has 2 aliphatic carbocycles. The average Bonchev–Trinajstić information content (AvgIpc) is 2.75. The molecule has 0 heterocycles. The quantitative estimate of drug-likeness (QED) is 0.405. The van der Waals surface area contributed by atoms with E-state index in [9.17, 15) is 8.78 Å². The molecule has 0 bridgehead atoms. The molecule has 3 heteroatoms. The zero-order valence-electron chi connectivity index (χ0n) is 17.7. The van der Waals surface area contributed by atoms with Crippen LogP contribution in [0.15, 0.2) is 49.1 Å². The maximum atomic E-state index is 13.7. The molecule has 2 saturated carbocycles. The van der Waals surface area contributed by atoms with Gasteiger partial charge in [0.2, 0.25) is 0 Å². The summed E-state index contributed by atoms with van der Waals surface area (Å²) in [5.41, 5.74) is 2.35. The van der Waals surface area contributed by atoms with Crippen molar-refractivity contribution in [1.82, 2.24) is 0 Å². The molecular weight excluding hydrogens is 366 g/mol. The van der Waals surface area contributed by atoms with Gasteiger partial charge in [-0.15, -0.1) is 6.58 Å². The molecule has 1 unspecified atom stereocenters. The fourth-order valence-corrected chi connectivity index (χ4v) is 5.12. The molecule has 2 fully saturated rings. The van der Waals surface area contributed by atoms with Gasteiger partial charge in [0.1, 0.15) is 6.10 Å². The lowest BCUT2D eigenvalue weighted by atomic mass is 9.78. The van der Waals surface area contributed by atoms with Crippen LogP contribution in [0.25, 0.3) is 0 Å². The lowest BCUT2D eigenvalue weighted by molar-refractivity contribution is -0.101. The molecule has 29 heavy (non-hydrogen) atoms. The van der Waals surface area contributed by atoms with Crippen molar-refractivity contribution in [3.8, 4) is 0 Å². The van der Waals surface area contributed by atoms with Gasteiger partial charge in [-0.05, 0) is 93.1 Å². The first-order chi connectivity index (χ1) is 14.1. The Bertz CT molecular complexity index is 635. The minimum atomic E-state index is -2.42. The number of benzene rings is 1. The van der Waals surface area contributed by atoms with Gasteiger partial charge in [0.05, 0.1) is 6.61 Å². The minimum absolute atomic E-state index is 0.0316. The monoisotopic (exact) mass is 402 g/mol. The second kappa shape index (κ2) is 11.1. The van der Waals surface area contributed by atoms with Crippen LogP contribution in [0.2, 0.25) is 0 Å². The van der Waals surface area contributed by atoms with Gasteiger partial charge >= 0.3 is 0 Å². The predicted octanol–water partition coefficient (Wildman–Crippen LogP) is 7.68. The topological polar surface area (TPSA) is 9.23 Å². The zero-order chi connectivity index (χ0) is 20.6. The van der Waals surface area contributed by atoms with E-state index in [1.54, 1.807) is 0 Å². The third kappa shape index (κ3) is 6.25. The summed E-state index contributed by atoms with van der Waals surface area (Å²) in [6, 6.07) is 8.44. The summed E-state index contributed by atoms with van der Waals surface area (Å²) in [6.45, 7) is 6.21. The third-order valence-corrected chi connectivity index (χ3v) is 6.99. The van der Waals surface area contributed by atoms with E-state index in [0.717, 1.165) is 31.2 Å². The summed E-state index contributed by atoms with van der Waals surface area (Å²) in [6.07, 6.45) is 11.5. The van der Waals surface area contributed by atoms with Gasteiger partial charge in [-0.1, -0.05) is 42.5 Å². The lowest BCUT2D eigenvalue weighted by Crippen LogP contribution is -2.33. The molecule has 0 radical (unpaired) electrons. The van der Waals surface area contributed by atoms with E-state index >= 15 is 0 Å². The van der Waals surface area contributed by atoms with Gasteiger partial charge in [0.25, 0.3) is 6.43 Å². The van der Waals surface area contributed by atoms with Crippen molar-refractivity contribution in [2.45, 2.75) is 83.3 Å². The summed E-state index contributed by atoms with van der Waals surface area (Å²) >= 11 is 0. The van der Waals surface area contributed by atoms with Crippen LogP contribution in [0, 0.1) is 17.8 Å². The maximum absolute atomic E-state index is 13.7. The van der Waals surface area contributed by atoms with Crippen LogP contribution in [0.3, 0.4) is 0 Å². The average molecular weight is 403 g/mol. The van der Waals surface area contributed by atoms with Crippen LogP contribution >= 0.6 is 0 Å². The molecule has 0 aromatic heterocycles. The molecule has 0 amide bonds. The summed E-state index contributed by atoms with van der Waals surface area (Å²) in [5, 5.41) is 0. The van der Waals surface area contributed by atoms with Crippen LogP contribution < -0.4 is 0 Å². The van der Waals surface area contributed by atoms with Gasteiger partial charge in [-0.25, -0.2) is 8.78 Å². The van der Waals surface area contributed by atoms with Crippen LogP contribution in [0.1, 0.15) is 75.3 Å². The Morgan fingerprint density at radius 2 is 1.59 bits per heavy atom. The van der Waals surface area contributed by atoms with E-state index in [-0.39, 0.29) is 12.5 Å². The highest BCUT2D eigenvalue weighted by Crippen LogP contribution is 2.37. The first-order valence-corrected chi connectivity index (χ1v) is 11.3. The molecule has 1 aromatic rings. The van der Waals surface area contributed by atoms with Gasteiger partial charge < -0.3 is 4.74 Å². The minimum Gasteiger partial charge on any atom is -0.367 e. The molecule has 2 aliphatic rings. The predicted molar refractivity (Wildman–Crippen MR) is 116 cm³/mol. The standard InChI is InChI=1S/C26H36F2O/c1-3-5-20-8-16-24(17-9-20)25(26(27)28)29-18-21-10-14-23(15-11-21)22-12-6-19(4-2)7-13-22/h3-5,10-11,14-15,19-20,22,24-26H,2,6-9,12-13,16-18H2,1H3/b5-3+. The van der Waals surface area contributed by atoms with Crippen LogP contribution in [-0.4, -0.2) is 12.5 Å². The number of rotatable bonds is 8. The molecule has 0 N–H and O–H groups in total. The Kier molecular flexibility index (Phi) is 8.47. The molecule has 1 atom stereocenters. The van der Waals surface area contributed by atoms with Crippen molar-refractivity contribution < 1.29 is 13.5 Å². The second-order valence-corrected chi connectivity index (χ2v) is 8.90. The van der Waals surface area contributed by atoms with Crippen LogP contribution in [-0.2, 0) is 11.3 Å². The second-order valence-electron chi connectivity index (χ2n) is 8.90. The molecule has 160 valence electrons. The van der Waals surface area contributed by atoms with Gasteiger partial charge in [-0.2, -0.15) is 0 Å². The fourth-order valence-electron chi connectivity index (χ4n) is 5.12. The van der Waals surface area contributed by atoms with E-state index < -0.39 is 12.5 Å². The molecule has 0 saturated heterocycles. The van der Waals surface area contributed by atoms with Gasteiger partial charge in [0, 0.05) is 0 Å². The Balaban J connectivity index is 1.50. The Morgan fingerprint density at radius 3 is 2.14 bits per heavy atom. The summed E-state index contributed by atoms with van der Waals surface area (Å²) < 4.78 is 33.1. The van der Waals surface area contributed by atoms with E-state index in [0.29, 0.717) is 17.8 Å². The molecule has 0 spiro atoms. The number of alkyl halides is 2. The van der Waals surface area contributed by atoms with Gasteiger partial charge in [0.15, 0.2) is 0 Å². The highest BCUT2D eigenvalue weighted by Gasteiger charge is 2.33.